The molecule has 5 aliphatic rings. The highest BCUT2D eigenvalue weighted by Crippen LogP contribution is 2.48. The Morgan fingerprint density at radius 2 is 1.53 bits per heavy atom. The molecule has 75 heavy (non-hydrogen) atoms. The topological polar surface area (TPSA) is 190 Å². The summed E-state index contributed by atoms with van der Waals surface area (Å²) in [6.07, 6.45) is 15.9. The lowest BCUT2D eigenvalue weighted by molar-refractivity contribution is -1.08. The van der Waals surface area contributed by atoms with Crippen molar-refractivity contribution in [3.05, 3.63) is 136 Å². The number of hydrogen-bond acceptors (Lipinski definition) is 10. The van der Waals surface area contributed by atoms with Gasteiger partial charge < -0.3 is 29.5 Å². The molecule has 0 spiro atoms. The first-order chi connectivity index (χ1) is 34.9. The van der Waals surface area contributed by atoms with Crippen LogP contribution in [0, 0.1) is 0 Å². The van der Waals surface area contributed by atoms with Crippen molar-refractivity contribution in [2.45, 2.75) is 83.0 Å². The minimum Gasteiger partial charge on any atom is -0.748 e. The summed E-state index contributed by atoms with van der Waals surface area (Å²) in [4.78, 5) is 40.5. The summed E-state index contributed by atoms with van der Waals surface area (Å²) >= 11 is 1.59. The fourth-order valence-corrected chi connectivity index (χ4v) is 13.4. The molecule has 15 nitrogen and oxygen atoms in total. The van der Waals surface area contributed by atoms with Crippen molar-refractivity contribution in [1.29, 1.82) is 0 Å². The van der Waals surface area contributed by atoms with E-state index in [9.17, 15) is 35.8 Å². The second kappa shape index (κ2) is 24.0. The van der Waals surface area contributed by atoms with Crippen molar-refractivity contribution in [3.8, 4) is 0 Å². The first-order valence-electron chi connectivity index (χ1n) is 25.6. The number of nitrogens with one attached hydrogen (secondary N) is 1. The lowest BCUT2D eigenvalue weighted by atomic mass is 9.81. The lowest BCUT2D eigenvalue weighted by Crippen LogP contribution is -2.76. The molecule has 2 bridgehead atoms. The minimum absolute atomic E-state index is 0. The molecule has 5 aliphatic heterocycles. The van der Waals surface area contributed by atoms with Crippen LogP contribution in [0.4, 0.5) is 11.4 Å². The van der Waals surface area contributed by atoms with Gasteiger partial charge in [-0.15, -0.1) is 11.8 Å². The molecule has 0 aromatic heterocycles. The number of nitrogens with zero attached hydrogens (tertiary/aromatic N) is 5. The fraction of sp³-hybridized carbons (Fsp3) is 0.474. The number of anilines is 1. The number of thioether (sulfide) groups is 1. The Bertz CT molecular complexity index is 2990. The third-order valence-electron chi connectivity index (χ3n) is 15.8. The molecule has 3 saturated heterocycles. The van der Waals surface area contributed by atoms with Crippen LogP contribution in [0.25, 0.3) is 0 Å². The van der Waals surface area contributed by atoms with E-state index in [1.165, 1.54) is 16.9 Å². The molecule has 0 aliphatic carbocycles. The highest BCUT2D eigenvalue weighted by molar-refractivity contribution is 8.02. The highest BCUT2D eigenvalue weighted by atomic mass is 32.2. The molecule has 406 valence electrons. The number of Topliss-reactive ketones (excluding diaryl/α,β-unsaturated/α-hetero) is 1. The van der Waals surface area contributed by atoms with Crippen LogP contribution in [0.3, 0.4) is 0 Å². The average molecular weight is 1090 g/mol. The predicted molar refractivity (Wildman–Crippen MR) is 301 cm³/mol. The number of primary amides is 1. The first-order valence-corrected chi connectivity index (χ1v) is 29.8. The molecule has 3 aromatic rings. The zero-order valence-corrected chi connectivity index (χ0v) is 46.6. The third-order valence-corrected chi connectivity index (χ3v) is 19.2. The van der Waals surface area contributed by atoms with Crippen molar-refractivity contribution in [3.63, 3.8) is 0 Å². The third kappa shape index (κ3) is 13.9. The van der Waals surface area contributed by atoms with Gasteiger partial charge in [0.15, 0.2) is 18.0 Å². The van der Waals surface area contributed by atoms with Gasteiger partial charge in [-0.25, -0.2) is 21.1 Å². The number of benzene rings is 3. The first kappa shape index (κ1) is 59.0. The zero-order chi connectivity index (χ0) is 53.7. The van der Waals surface area contributed by atoms with Crippen LogP contribution in [0.5, 0.6) is 0 Å². The number of carbonyl (C=O) groups is 3. The minimum atomic E-state index is -4.32. The largest absolute Gasteiger partial charge is 0.748 e. The molecule has 18 heteroatoms. The number of carbonyl (C=O) groups excluding carboxylic acids is 3. The van der Waals surface area contributed by atoms with Gasteiger partial charge in [-0.3, -0.25) is 14.4 Å². The number of rotatable bonds is 24. The Balaban J connectivity index is 0.00000914. The summed E-state index contributed by atoms with van der Waals surface area (Å²) in [7, 11) is -4.72. The van der Waals surface area contributed by atoms with Gasteiger partial charge in [0, 0.05) is 84.6 Å². The molecule has 3 N–H and O–H groups in total. The summed E-state index contributed by atoms with van der Waals surface area (Å²) in [6.45, 7) is 16.6. The molecule has 0 saturated carbocycles. The van der Waals surface area contributed by atoms with Crippen LogP contribution in [0.15, 0.2) is 119 Å². The maximum absolute atomic E-state index is 13.9. The molecule has 0 atom stereocenters. The van der Waals surface area contributed by atoms with Crippen molar-refractivity contribution >= 4 is 66.6 Å². The maximum atomic E-state index is 13.9. The van der Waals surface area contributed by atoms with Crippen molar-refractivity contribution in [2.75, 3.05) is 103 Å². The highest BCUT2D eigenvalue weighted by Gasteiger charge is 2.49. The van der Waals surface area contributed by atoms with Gasteiger partial charge in [-0.2, -0.15) is 4.58 Å². The van der Waals surface area contributed by atoms with E-state index in [0.29, 0.717) is 13.1 Å². The Kier molecular flexibility index (Phi) is 18.9. The number of para-hydroxylation sites is 1. The Morgan fingerprint density at radius 1 is 0.880 bits per heavy atom. The normalized spacial score (nSPS) is 21.5. The van der Waals surface area contributed by atoms with Crippen LogP contribution >= 0.6 is 11.8 Å². The molecule has 3 fully saturated rings. The summed E-state index contributed by atoms with van der Waals surface area (Å²) in [6, 6.07) is 21.4. The standard InChI is InChI=1S/C56H73N7O8S3.CH4/c1-55(2)47-16-8-9-17-50(47)61(29-13-37-73(67,68)69)52(55)19-11-15-45(72-7)14-10-18-51-56(3,4)48-39-46(25-26-49(48)60(51)6)74(70,71)59(5)28-12-20-54(66)58-40-44(64)38-43-23-21-42(22-24-43)27-30-62-31-34-63(35-32-62,36-33-62)41-53(57)65;/h8-11,14-19,21-26,39H,12-13,20,27-38,40-41H2,1-7H3,(H-3,57,58,65,66,67,68,69);1H4/p+2. The van der Waals surface area contributed by atoms with Crippen molar-refractivity contribution in [1.82, 2.24) is 9.62 Å². The van der Waals surface area contributed by atoms with E-state index in [0.717, 1.165) is 106 Å². The Labute approximate surface area is 450 Å². The number of hydrogen-bond donors (Lipinski definition) is 2. The number of nitrogens with two attached hydrogens (primary N) is 1. The van der Waals surface area contributed by atoms with Crippen LogP contribution in [-0.2, 0) is 58.2 Å². The molecule has 8 rings (SSSR count). The molecule has 3 aromatic carbocycles. The van der Waals surface area contributed by atoms with Crippen molar-refractivity contribution in [2.24, 2.45) is 5.73 Å². The molecule has 2 amide bonds. The van der Waals surface area contributed by atoms with E-state index in [1.54, 1.807) is 23.9 Å². The summed E-state index contributed by atoms with van der Waals surface area (Å²) in [5.41, 5.74) is 12.7. The average Bonchev–Trinajstić information content (AvgIpc) is 3.69. The number of amides is 2. The van der Waals surface area contributed by atoms with Gasteiger partial charge in [-0.05, 0) is 86.1 Å². The molecular weight excluding hydrogens is 1010 g/mol. The van der Waals surface area contributed by atoms with E-state index in [-0.39, 0.29) is 74.1 Å². The van der Waals surface area contributed by atoms with E-state index >= 15 is 0 Å². The number of quaternary nitrogens is 2. The van der Waals surface area contributed by atoms with Gasteiger partial charge in [0.05, 0.1) is 33.5 Å². The number of sulfonamides is 1. The quantitative estimate of drug-likeness (QED) is 0.0445. The summed E-state index contributed by atoms with van der Waals surface area (Å²) < 4.78 is 67.2. The fourth-order valence-electron chi connectivity index (χ4n) is 11.3. The van der Waals surface area contributed by atoms with E-state index in [2.05, 4.69) is 66.8 Å². The van der Waals surface area contributed by atoms with Gasteiger partial charge >= 0.3 is 0 Å². The number of ketones is 1. The van der Waals surface area contributed by atoms with E-state index in [1.807, 2.05) is 80.1 Å². The number of fused-ring (bicyclic) bond motifs is 5. The number of allylic oxidation sites excluding steroid dienone is 7. The van der Waals surface area contributed by atoms with E-state index in [4.69, 9.17) is 5.73 Å². The zero-order valence-electron chi connectivity index (χ0n) is 44.1. The van der Waals surface area contributed by atoms with Gasteiger partial charge in [0.25, 0.3) is 5.91 Å². The number of piperazine rings is 3. The van der Waals surface area contributed by atoms with E-state index < -0.39 is 31.3 Å². The summed E-state index contributed by atoms with van der Waals surface area (Å²) in [5.74, 6) is -1.05. The predicted octanol–water partition coefficient (Wildman–Crippen LogP) is 6.32. The second-order valence-corrected chi connectivity index (χ2v) is 26.0. The molecule has 0 unspecified atom stereocenters. The van der Waals surface area contributed by atoms with Crippen LogP contribution in [0.1, 0.15) is 76.6 Å². The molecule has 5 heterocycles. The Hall–Kier alpha value is -5.21. The van der Waals surface area contributed by atoms with Gasteiger partial charge in [0.2, 0.25) is 21.6 Å². The van der Waals surface area contributed by atoms with Crippen LogP contribution in [-0.4, -0.2) is 161 Å². The van der Waals surface area contributed by atoms with Crippen LogP contribution < -0.4 is 16.0 Å². The van der Waals surface area contributed by atoms with Crippen LogP contribution in [0.2, 0.25) is 0 Å². The monoisotopic (exact) mass is 1090 g/mol. The van der Waals surface area contributed by atoms with Gasteiger partial charge in [0.1, 0.15) is 46.3 Å². The lowest BCUT2D eigenvalue weighted by Gasteiger charge is -2.55. The smallest absolute Gasteiger partial charge is 0.272 e. The maximum Gasteiger partial charge on any atom is 0.272 e. The van der Waals surface area contributed by atoms with Gasteiger partial charge in [-0.1, -0.05) is 75.9 Å². The molecular formula is C57H79N7O8S3+2. The SMILES string of the molecule is C.CSC(=C\C=C\C1=[N+](C)c2ccc(S(=O)(=O)N(C)CCCC(=O)NCC(=O)Cc3ccc(CC[N+]45CC[N+](CC(N)=O)(CC4)CC5)cc3)cc2C1(C)C)/C=C/C=C1/N(CCCS(=O)(=O)[O-])c2ccccc2C1(C)C. The second-order valence-electron chi connectivity index (χ2n) is 21.6. The Morgan fingerprint density at radius 3 is 2.19 bits per heavy atom. The summed E-state index contributed by atoms with van der Waals surface area (Å²) in [5, 5.41) is 2.72. The molecule has 0 radical (unpaired) electrons. The van der Waals surface area contributed by atoms with Crippen molar-refractivity contribution < 1.29 is 49.3 Å².